The molecule has 0 saturated heterocycles. The van der Waals surface area contributed by atoms with Gasteiger partial charge in [-0.2, -0.15) is 0 Å². The number of imidazole rings is 1. The number of nitrogens with one attached hydrogen (secondary N) is 2. The molecular weight excluding hydrogens is 324 g/mol. The quantitative estimate of drug-likeness (QED) is 0.706. The van der Waals surface area contributed by atoms with E-state index in [1.807, 2.05) is 39.2 Å². The molecule has 0 fully saturated rings. The molecule has 0 radical (unpaired) electrons. The molecule has 2 N–H and O–H groups in total. The number of carbonyl (C=O) groups is 1. The summed E-state index contributed by atoms with van der Waals surface area (Å²) in [4.78, 5) is 17.0. The van der Waals surface area contributed by atoms with E-state index in [1.54, 1.807) is 0 Å². The van der Waals surface area contributed by atoms with Crippen molar-refractivity contribution in [3.8, 4) is 11.3 Å². The number of aryl methyl sites for hydroxylation is 1. The van der Waals surface area contributed by atoms with E-state index in [4.69, 9.17) is 4.98 Å². The lowest BCUT2D eigenvalue weighted by atomic mass is 10.1. The summed E-state index contributed by atoms with van der Waals surface area (Å²) in [5, 5.41) is 6.21. The average Bonchev–Trinajstić information content (AvgIpc) is 2.97. The number of hydrogen-bond donors (Lipinski definition) is 2. The molecule has 26 heavy (non-hydrogen) atoms. The third-order valence-electron chi connectivity index (χ3n) is 4.38. The predicted molar refractivity (Wildman–Crippen MR) is 106 cm³/mol. The van der Waals surface area contributed by atoms with E-state index in [2.05, 4.69) is 46.2 Å². The topological polar surface area (TPSA) is 58.4 Å². The van der Waals surface area contributed by atoms with Crippen LogP contribution in [-0.4, -0.2) is 22.3 Å². The lowest BCUT2D eigenvalue weighted by molar-refractivity contribution is -0.121. The number of fused-ring (bicyclic) bond motifs is 1. The van der Waals surface area contributed by atoms with E-state index in [0.717, 1.165) is 28.3 Å². The number of hydrogen-bond acceptors (Lipinski definition) is 3. The van der Waals surface area contributed by atoms with Crippen LogP contribution >= 0.6 is 0 Å². The largest absolute Gasteiger partial charge is 0.387 e. The van der Waals surface area contributed by atoms with Crippen LogP contribution in [0, 0.1) is 12.8 Å². The van der Waals surface area contributed by atoms with Crippen molar-refractivity contribution in [2.45, 2.75) is 33.7 Å². The molecule has 0 saturated carbocycles. The van der Waals surface area contributed by atoms with Crippen molar-refractivity contribution in [1.29, 1.82) is 0 Å². The Bertz CT molecular complexity index is 910. The summed E-state index contributed by atoms with van der Waals surface area (Å²) < 4.78 is 2.05. The van der Waals surface area contributed by atoms with Crippen LogP contribution in [0.4, 0.5) is 5.69 Å². The summed E-state index contributed by atoms with van der Waals surface area (Å²) in [5.74, 6) is 0.402. The molecule has 0 aliphatic heterocycles. The van der Waals surface area contributed by atoms with E-state index in [9.17, 15) is 4.79 Å². The highest BCUT2D eigenvalue weighted by atomic mass is 16.1. The molecule has 0 aliphatic rings. The molecule has 2 heterocycles. The second-order valence-corrected chi connectivity index (χ2v) is 7.04. The monoisotopic (exact) mass is 350 g/mol. The fraction of sp³-hybridized carbons (Fsp3) is 0.333. The molecule has 5 heteroatoms. The Labute approximate surface area is 154 Å². The molecule has 1 amide bonds. The van der Waals surface area contributed by atoms with Gasteiger partial charge in [-0.15, -0.1) is 0 Å². The highest BCUT2D eigenvalue weighted by molar-refractivity contribution is 5.76. The van der Waals surface area contributed by atoms with Gasteiger partial charge in [0.2, 0.25) is 5.91 Å². The third kappa shape index (κ3) is 3.87. The summed E-state index contributed by atoms with van der Waals surface area (Å²) in [6.07, 6.45) is 2.54. The number of aromatic nitrogens is 2. The lowest BCUT2D eigenvalue weighted by Gasteiger charge is -2.10. The number of rotatable bonds is 6. The van der Waals surface area contributed by atoms with Crippen molar-refractivity contribution in [3.63, 3.8) is 0 Å². The van der Waals surface area contributed by atoms with Crippen LogP contribution in [0.5, 0.6) is 0 Å². The fourth-order valence-electron chi connectivity index (χ4n) is 2.98. The van der Waals surface area contributed by atoms with Crippen LogP contribution in [0.25, 0.3) is 16.9 Å². The first kappa shape index (κ1) is 18.0. The number of pyridine rings is 1. The van der Waals surface area contributed by atoms with Crippen molar-refractivity contribution in [2.24, 2.45) is 5.92 Å². The highest BCUT2D eigenvalue weighted by Crippen LogP contribution is 2.26. The maximum absolute atomic E-state index is 12.1. The van der Waals surface area contributed by atoms with Gasteiger partial charge in [0.25, 0.3) is 0 Å². The predicted octanol–water partition coefficient (Wildman–Crippen LogP) is 4.01. The van der Waals surface area contributed by atoms with Crippen molar-refractivity contribution in [1.82, 2.24) is 14.7 Å². The second-order valence-electron chi connectivity index (χ2n) is 7.04. The average molecular weight is 350 g/mol. The van der Waals surface area contributed by atoms with Crippen molar-refractivity contribution in [3.05, 3.63) is 53.9 Å². The van der Waals surface area contributed by atoms with Gasteiger partial charge in [-0.25, -0.2) is 4.98 Å². The van der Waals surface area contributed by atoms with Gasteiger partial charge in [0.1, 0.15) is 5.65 Å². The van der Waals surface area contributed by atoms with Gasteiger partial charge >= 0.3 is 0 Å². The van der Waals surface area contributed by atoms with Gasteiger partial charge in [-0.05, 0) is 25.0 Å². The maximum Gasteiger partial charge on any atom is 0.220 e. The summed E-state index contributed by atoms with van der Waals surface area (Å²) in [5.41, 5.74) is 6.02. The SMILES string of the molecule is CNc1ccc2nc(-c3ccc(C)cc3)c(CNC(=O)CC(C)C)n2c1. The summed E-state index contributed by atoms with van der Waals surface area (Å²) in [6, 6.07) is 12.3. The third-order valence-corrected chi connectivity index (χ3v) is 4.38. The molecule has 5 nitrogen and oxygen atoms in total. The Morgan fingerprint density at radius 2 is 1.88 bits per heavy atom. The minimum absolute atomic E-state index is 0.0644. The Morgan fingerprint density at radius 1 is 1.15 bits per heavy atom. The first-order chi connectivity index (χ1) is 12.5. The molecule has 0 unspecified atom stereocenters. The zero-order valence-corrected chi connectivity index (χ0v) is 15.8. The number of anilines is 1. The fourth-order valence-corrected chi connectivity index (χ4v) is 2.98. The van der Waals surface area contributed by atoms with Gasteiger partial charge in [0, 0.05) is 25.2 Å². The van der Waals surface area contributed by atoms with Gasteiger partial charge in [-0.1, -0.05) is 43.7 Å². The number of nitrogens with zero attached hydrogens (tertiary/aromatic N) is 2. The minimum atomic E-state index is 0.0644. The molecule has 0 aliphatic carbocycles. The van der Waals surface area contributed by atoms with E-state index >= 15 is 0 Å². The van der Waals surface area contributed by atoms with Crippen molar-refractivity contribution in [2.75, 3.05) is 12.4 Å². The second kappa shape index (κ2) is 7.60. The number of amides is 1. The van der Waals surface area contributed by atoms with Gasteiger partial charge in [0.15, 0.2) is 0 Å². The normalized spacial score (nSPS) is 11.1. The highest BCUT2D eigenvalue weighted by Gasteiger charge is 2.15. The zero-order chi connectivity index (χ0) is 18.7. The number of benzene rings is 1. The van der Waals surface area contributed by atoms with Crippen LogP contribution in [0.15, 0.2) is 42.6 Å². The Morgan fingerprint density at radius 3 is 2.54 bits per heavy atom. The molecule has 2 aromatic heterocycles. The maximum atomic E-state index is 12.1. The van der Waals surface area contributed by atoms with Crippen molar-refractivity contribution < 1.29 is 4.79 Å². The van der Waals surface area contributed by atoms with Crippen LogP contribution in [0.1, 0.15) is 31.5 Å². The Balaban J connectivity index is 2.02. The van der Waals surface area contributed by atoms with Crippen LogP contribution in [0.3, 0.4) is 0 Å². The van der Waals surface area contributed by atoms with Gasteiger partial charge in [0.05, 0.1) is 23.6 Å². The molecule has 3 aromatic rings. The summed E-state index contributed by atoms with van der Waals surface area (Å²) in [7, 11) is 1.89. The van der Waals surface area contributed by atoms with E-state index in [1.165, 1.54) is 5.56 Å². The van der Waals surface area contributed by atoms with Gasteiger partial charge in [-0.3, -0.25) is 9.20 Å². The van der Waals surface area contributed by atoms with Crippen molar-refractivity contribution >= 4 is 17.2 Å². The molecule has 0 bridgehead atoms. The van der Waals surface area contributed by atoms with Crippen LogP contribution < -0.4 is 10.6 Å². The molecule has 1 aromatic carbocycles. The van der Waals surface area contributed by atoms with E-state index in [0.29, 0.717) is 18.9 Å². The molecule has 136 valence electrons. The standard InChI is InChI=1S/C21H26N4O/c1-14(2)11-20(26)23-12-18-21(16-7-5-15(3)6-8-16)24-19-10-9-17(22-4)13-25(18)19/h5-10,13-14,22H,11-12H2,1-4H3,(H,23,26). The zero-order valence-electron chi connectivity index (χ0n) is 15.8. The van der Waals surface area contributed by atoms with Crippen LogP contribution in [0.2, 0.25) is 0 Å². The van der Waals surface area contributed by atoms with E-state index < -0.39 is 0 Å². The number of carbonyl (C=O) groups excluding carboxylic acids is 1. The minimum Gasteiger partial charge on any atom is -0.387 e. The van der Waals surface area contributed by atoms with E-state index in [-0.39, 0.29) is 5.91 Å². The lowest BCUT2D eigenvalue weighted by Crippen LogP contribution is -2.24. The summed E-state index contributed by atoms with van der Waals surface area (Å²) >= 11 is 0. The van der Waals surface area contributed by atoms with Gasteiger partial charge < -0.3 is 10.6 Å². The molecular formula is C21H26N4O. The van der Waals surface area contributed by atoms with Crippen LogP contribution in [-0.2, 0) is 11.3 Å². The Hall–Kier alpha value is -2.82. The smallest absolute Gasteiger partial charge is 0.220 e. The molecule has 0 atom stereocenters. The molecule has 3 rings (SSSR count). The first-order valence-corrected chi connectivity index (χ1v) is 9.00. The molecule has 0 spiro atoms. The Kier molecular flexibility index (Phi) is 5.26. The first-order valence-electron chi connectivity index (χ1n) is 9.00. The summed E-state index contributed by atoms with van der Waals surface area (Å²) in [6.45, 7) is 6.61.